The van der Waals surface area contributed by atoms with E-state index in [-0.39, 0.29) is 24.0 Å². The van der Waals surface area contributed by atoms with Gasteiger partial charge in [-0.1, -0.05) is 60.8 Å². The number of aromatic nitrogens is 2. The zero-order valence-electron chi connectivity index (χ0n) is 24.7. The van der Waals surface area contributed by atoms with Gasteiger partial charge in [-0.05, 0) is 73.1 Å². The monoisotopic (exact) mass is 655 g/mol. The van der Waals surface area contributed by atoms with Crippen molar-refractivity contribution < 1.29 is 22.0 Å². The number of carbonyl (C=O) groups excluding carboxylic acids is 1. The van der Waals surface area contributed by atoms with Gasteiger partial charge in [-0.25, -0.2) is 8.42 Å². The van der Waals surface area contributed by atoms with Crippen molar-refractivity contribution in [1.29, 1.82) is 0 Å². The highest BCUT2D eigenvalue weighted by Crippen LogP contribution is 2.36. The summed E-state index contributed by atoms with van der Waals surface area (Å²) < 4.78 is 64.0. The van der Waals surface area contributed by atoms with Crippen molar-refractivity contribution in [2.75, 3.05) is 13.1 Å². The number of hydrogen-bond acceptors (Lipinski definition) is 5. The van der Waals surface area contributed by atoms with Gasteiger partial charge in [0, 0.05) is 41.6 Å². The summed E-state index contributed by atoms with van der Waals surface area (Å²) in [5, 5.41) is 5.58. The van der Waals surface area contributed by atoms with Crippen LogP contribution in [0, 0.1) is 5.92 Å². The lowest BCUT2D eigenvalue weighted by atomic mass is 9.96. The third kappa shape index (κ3) is 6.77. The Labute approximate surface area is 266 Å². The van der Waals surface area contributed by atoms with Gasteiger partial charge < -0.3 is 10.6 Å². The van der Waals surface area contributed by atoms with E-state index >= 15 is 8.78 Å². The van der Waals surface area contributed by atoms with Gasteiger partial charge in [-0.15, -0.1) is 0 Å². The van der Waals surface area contributed by atoms with Crippen LogP contribution in [0.15, 0.2) is 77.8 Å². The van der Waals surface area contributed by atoms with Gasteiger partial charge in [0.25, 0.3) is 5.92 Å². The third-order valence-electron chi connectivity index (χ3n) is 9.01. The molecule has 1 aliphatic carbocycles. The Morgan fingerprint density at radius 2 is 1.60 bits per heavy atom. The Morgan fingerprint density at radius 1 is 0.978 bits per heavy atom. The number of fused-ring (bicyclic) bond motifs is 1. The number of piperidine rings is 1. The van der Waals surface area contributed by atoms with E-state index < -0.39 is 33.5 Å². The van der Waals surface area contributed by atoms with Gasteiger partial charge >= 0.3 is 0 Å². The van der Waals surface area contributed by atoms with Gasteiger partial charge in [-0.3, -0.25) is 9.48 Å². The molecule has 1 amide bonds. The molecule has 45 heavy (non-hydrogen) atoms. The van der Waals surface area contributed by atoms with E-state index in [4.69, 9.17) is 17.3 Å². The Hall–Kier alpha value is -3.38. The summed E-state index contributed by atoms with van der Waals surface area (Å²) in [6.45, 7) is 1.07. The number of amides is 1. The minimum atomic E-state index is -4.56. The van der Waals surface area contributed by atoms with Gasteiger partial charge in [0.05, 0.1) is 16.6 Å². The Kier molecular flexibility index (Phi) is 8.98. The lowest BCUT2D eigenvalue weighted by Gasteiger charge is -2.35. The molecule has 6 rings (SSSR count). The van der Waals surface area contributed by atoms with Crippen LogP contribution < -0.4 is 10.5 Å². The molecule has 1 aliphatic heterocycles. The largest absolute Gasteiger partial charge is 0.341 e. The van der Waals surface area contributed by atoms with Crippen molar-refractivity contribution in [3.8, 4) is 11.1 Å². The van der Waals surface area contributed by atoms with E-state index in [1.807, 2.05) is 4.68 Å². The van der Waals surface area contributed by atoms with Gasteiger partial charge in [0.2, 0.25) is 15.9 Å². The van der Waals surface area contributed by atoms with Crippen LogP contribution in [-0.4, -0.2) is 54.2 Å². The molecule has 238 valence electrons. The molecule has 4 aromatic rings. The molecular weight excluding hydrogens is 620 g/mol. The first-order valence-corrected chi connectivity index (χ1v) is 17.1. The maximum Gasteiger partial charge on any atom is 0.298 e. The quantitative estimate of drug-likeness (QED) is 0.232. The highest BCUT2D eigenvalue weighted by molar-refractivity contribution is 7.89. The number of benzene rings is 3. The first-order chi connectivity index (χ1) is 21.5. The zero-order chi connectivity index (χ0) is 31.8. The number of nitrogens with zero attached hydrogens (tertiary/aromatic N) is 3. The fourth-order valence-corrected chi connectivity index (χ4v) is 7.66. The van der Waals surface area contributed by atoms with Crippen molar-refractivity contribution in [3.63, 3.8) is 0 Å². The molecule has 3 N–H and O–H groups in total. The summed E-state index contributed by atoms with van der Waals surface area (Å²) in [7, 11) is -4.56. The van der Waals surface area contributed by atoms with E-state index in [0.29, 0.717) is 34.7 Å². The number of likely N-dealkylation sites (tertiary alicyclic amines) is 1. The van der Waals surface area contributed by atoms with Crippen molar-refractivity contribution >= 4 is 38.4 Å². The first kappa shape index (κ1) is 31.6. The van der Waals surface area contributed by atoms with Crippen molar-refractivity contribution in [2.45, 2.75) is 68.0 Å². The van der Waals surface area contributed by atoms with Crippen LogP contribution in [0.4, 0.5) is 8.78 Å². The predicted molar refractivity (Wildman–Crippen MR) is 170 cm³/mol. The SMILES string of the molecule is NC1CCN(C(=O)C(NS(=O)(=O)c2ccc3c(cnn3CC3CCCC3)c2)C(F)(F)c2ccc(-c3ccc(Cl)cc3)cc2)CC1. The van der Waals surface area contributed by atoms with Crippen molar-refractivity contribution in [1.82, 2.24) is 19.4 Å². The second-order valence-electron chi connectivity index (χ2n) is 12.1. The van der Waals surface area contributed by atoms with Crippen LogP contribution in [-0.2, 0) is 27.3 Å². The number of hydrogen-bond donors (Lipinski definition) is 2. The summed E-state index contributed by atoms with van der Waals surface area (Å²) in [6, 6.07) is 14.3. The van der Waals surface area contributed by atoms with Crippen molar-refractivity contribution in [3.05, 3.63) is 83.5 Å². The molecule has 1 aromatic heterocycles. The fourth-order valence-electron chi connectivity index (χ4n) is 6.31. The molecule has 3 aromatic carbocycles. The average Bonchev–Trinajstić information content (AvgIpc) is 3.70. The molecular formula is C33H36ClF2N5O3S. The van der Waals surface area contributed by atoms with Gasteiger partial charge in [0.1, 0.15) is 0 Å². The summed E-state index contributed by atoms with van der Waals surface area (Å²) in [5.74, 6) is -4.35. The van der Waals surface area contributed by atoms with Crippen LogP contribution in [0.5, 0.6) is 0 Å². The number of rotatable bonds is 9. The second kappa shape index (κ2) is 12.8. The molecule has 0 bridgehead atoms. The number of alkyl halides is 2. The van der Waals surface area contributed by atoms with E-state index in [0.717, 1.165) is 30.5 Å². The lowest BCUT2D eigenvalue weighted by Crippen LogP contribution is -2.57. The maximum absolute atomic E-state index is 16.4. The van der Waals surface area contributed by atoms with Crippen LogP contribution in [0.25, 0.3) is 22.0 Å². The summed E-state index contributed by atoms with van der Waals surface area (Å²) in [4.78, 5) is 14.7. The number of nitrogens with one attached hydrogen (secondary N) is 1. The number of sulfonamides is 1. The van der Waals surface area contributed by atoms with E-state index in [1.54, 1.807) is 36.5 Å². The minimum Gasteiger partial charge on any atom is -0.341 e. The smallest absolute Gasteiger partial charge is 0.298 e. The minimum absolute atomic E-state index is 0.147. The molecule has 2 heterocycles. The highest BCUT2D eigenvalue weighted by Gasteiger charge is 2.50. The van der Waals surface area contributed by atoms with E-state index in [9.17, 15) is 13.2 Å². The highest BCUT2D eigenvalue weighted by atomic mass is 35.5. The lowest BCUT2D eigenvalue weighted by molar-refractivity contribution is -0.145. The Balaban J connectivity index is 1.29. The normalized spacial score (nSPS) is 17.6. The molecule has 1 unspecified atom stereocenters. The van der Waals surface area contributed by atoms with Gasteiger partial charge in [0.15, 0.2) is 6.04 Å². The standard InChI is InChI=1S/C33H36ClF2N5O3S/c34-27-11-7-24(8-12-27)23-5-9-26(10-6-23)33(35,36)31(32(42)40-17-15-28(37)16-18-40)39-45(43,44)29-13-14-30-25(19-29)20-38-41(30)21-22-3-1-2-4-22/h5-14,19-20,22,28,31,39H,1-4,15-18,21,37H2. The first-order valence-electron chi connectivity index (χ1n) is 15.3. The van der Waals surface area contributed by atoms with Crippen LogP contribution >= 0.6 is 11.6 Å². The predicted octanol–water partition coefficient (Wildman–Crippen LogP) is 5.94. The third-order valence-corrected chi connectivity index (χ3v) is 10.7. The van der Waals surface area contributed by atoms with Crippen LogP contribution in [0.3, 0.4) is 0 Å². The number of halogens is 3. The van der Waals surface area contributed by atoms with Gasteiger partial charge in [-0.2, -0.15) is 18.6 Å². The Morgan fingerprint density at radius 3 is 2.24 bits per heavy atom. The molecule has 1 atom stereocenters. The molecule has 0 spiro atoms. The zero-order valence-corrected chi connectivity index (χ0v) is 26.3. The van der Waals surface area contributed by atoms with Crippen LogP contribution in [0.2, 0.25) is 5.02 Å². The number of nitrogens with two attached hydrogens (primary N) is 1. The van der Waals surface area contributed by atoms with Crippen LogP contribution in [0.1, 0.15) is 44.1 Å². The molecule has 12 heteroatoms. The summed E-state index contributed by atoms with van der Waals surface area (Å²) in [6.07, 6.45) is 7.11. The maximum atomic E-state index is 16.4. The molecule has 2 fully saturated rings. The molecule has 1 saturated heterocycles. The molecule has 0 radical (unpaired) electrons. The van der Waals surface area contributed by atoms with E-state index in [1.165, 1.54) is 54.1 Å². The van der Waals surface area contributed by atoms with Crippen molar-refractivity contribution in [2.24, 2.45) is 11.7 Å². The van der Waals surface area contributed by atoms with E-state index in [2.05, 4.69) is 9.82 Å². The fraction of sp³-hybridized carbons (Fsp3) is 0.394. The molecule has 1 saturated carbocycles. The summed E-state index contributed by atoms with van der Waals surface area (Å²) >= 11 is 5.98. The molecule has 2 aliphatic rings. The number of carbonyl (C=O) groups is 1. The molecule has 8 nitrogen and oxygen atoms in total. The summed E-state index contributed by atoms with van der Waals surface area (Å²) in [5.41, 5.74) is 7.70. The average molecular weight is 656 g/mol. The topological polar surface area (TPSA) is 110 Å². The Bertz CT molecular complexity index is 1770. The second-order valence-corrected chi connectivity index (χ2v) is 14.3.